The van der Waals surface area contributed by atoms with Gasteiger partial charge in [0.25, 0.3) is 0 Å². The minimum atomic E-state index is -0.688. The number of aliphatic hydroxyl groups excluding tert-OH is 1. The van der Waals surface area contributed by atoms with E-state index in [1.165, 1.54) is 0 Å². The van der Waals surface area contributed by atoms with Crippen LogP contribution in [0.25, 0.3) is 0 Å². The molecule has 4 nitrogen and oxygen atoms in total. The summed E-state index contributed by atoms with van der Waals surface area (Å²) in [6, 6.07) is 0. The smallest absolute Gasteiger partial charge is 0.334 e. The number of Topliss-reactive ketones (excluding diaryl/α,β-unsaturated/α-hetero) is 1. The molecule has 0 aromatic carbocycles. The Morgan fingerprint density at radius 1 is 1.26 bits per heavy atom. The Morgan fingerprint density at radius 2 is 1.95 bits per heavy atom. The summed E-state index contributed by atoms with van der Waals surface area (Å²) in [4.78, 5) is 23.7. The molecule has 0 amide bonds. The Labute approximate surface area is 112 Å². The Kier molecular flexibility index (Phi) is 2.68. The second kappa shape index (κ2) is 4.04. The number of carbonyl (C=O) groups excluding carboxylic acids is 2. The van der Waals surface area contributed by atoms with E-state index in [1.54, 1.807) is 0 Å². The molecule has 102 valence electrons. The molecule has 6 atom stereocenters. The molecule has 1 N–H and O–H groups in total. The maximum atomic E-state index is 12.0. The van der Waals surface area contributed by atoms with Gasteiger partial charge in [0.2, 0.25) is 0 Å². The summed E-state index contributed by atoms with van der Waals surface area (Å²) >= 11 is 0. The first-order valence-corrected chi connectivity index (χ1v) is 6.71. The SMILES string of the molecule is C=C1C(=O)O[C@@H]2[C@H]3[C@H](C)C(=O)C[C@H]3C(=C)[C@@H](O)C[C@@H]12. The summed E-state index contributed by atoms with van der Waals surface area (Å²) < 4.78 is 5.44. The van der Waals surface area contributed by atoms with Crippen LogP contribution in [0, 0.1) is 23.7 Å². The molecule has 0 bridgehead atoms. The lowest BCUT2D eigenvalue weighted by Gasteiger charge is -2.27. The van der Waals surface area contributed by atoms with Crippen LogP contribution in [0.2, 0.25) is 0 Å². The van der Waals surface area contributed by atoms with E-state index in [-0.39, 0.29) is 41.5 Å². The van der Waals surface area contributed by atoms with Crippen LogP contribution in [0.15, 0.2) is 24.3 Å². The fraction of sp³-hybridized carbons (Fsp3) is 0.600. The number of rotatable bonds is 0. The number of esters is 1. The van der Waals surface area contributed by atoms with Gasteiger partial charge < -0.3 is 9.84 Å². The van der Waals surface area contributed by atoms with Crippen LogP contribution >= 0.6 is 0 Å². The largest absolute Gasteiger partial charge is 0.458 e. The lowest BCUT2D eigenvalue weighted by molar-refractivity contribution is -0.143. The highest BCUT2D eigenvalue weighted by molar-refractivity contribution is 5.91. The molecule has 1 saturated heterocycles. The summed E-state index contributed by atoms with van der Waals surface area (Å²) in [5.74, 6) is -0.713. The van der Waals surface area contributed by atoms with Gasteiger partial charge >= 0.3 is 5.97 Å². The van der Waals surface area contributed by atoms with Gasteiger partial charge in [-0.1, -0.05) is 20.1 Å². The molecule has 2 saturated carbocycles. The molecule has 4 heteroatoms. The van der Waals surface area contributed by atoms with E-state index >= 15 is 0 Å². The van der Waals surface area contributed by atoms with Crippen LogP contribution in [0.3, 0.4) is 0 Å². The number of aliphatic hydroxyl groups is 1. The van der Waals surface area contributed by atoms with E-state index in [0.29, 0.717) is 24.0 Å². The molecule has 3 fully saturated rings. The average Bonchev–Trinajstić information content (AvgIpc) is 2.77. The van der Waals surface area contributed by atoms with Crippen molar-refractivity contribution in [2.75, 3.05) is 0 Å². The van der Waals surface area contributed by atoms with Crippen LogP contribution in [0.5, 0.6) is 0 Å². The topological polar surface area (TPSA) is 63.6 Å². The van der Waals surface area contributed by atoms with Gasteiger partial charge in [-0.3, -0.25) is 4.79 Å². The van der Waals surface area contributed by atoms with Gasteiger partial charge in [0.1, 0.15) is 11.9 Å². The maximum absolute atomic E-state index is 12.0. The third kappa shape index (κ3) is 1.62. The molecule has 0 aromatic heterocycles. The zero-order valence-electron chi connectivity index (χ0n) is 11.0. The van der Waals surface area contributed by atoms with Crippen LogP contribution in [-0.4, -0.2) is 29.1 Å². The highest BCUT2D eigenvalue weighted by Crippen LogP contribution is 2.51. The standard InChI is InChI=1S/C15H18O4/c1-6-9-4-12(17)8(3)13(9)14-10(5-11(6)16)7(2)15(18)19-14/h8-11,13-14,16H,1-2,4-5H2,3H3/t8-,9+,10+,11+,13+,14+/m1/s1. The summed E-state index contributed by atoms with van der Waals surface area (Å²) in [6.07, 6.45) is -0.205. The zero-order valence-corrected chi connectivity index (χ0v) is 11.0. The third-order valence-corrected chi connectivity index (χ3v) is 5.08. The monoisotopic (exact) mass is 262 g/mol. The average molecular weight is 262 g/mol. The Bertz CT molecular complexity index is 492. The highest BCUT2D eigenvalue weighted by atomic mass is 16.6. The lowest BCUT2D eigenvalue weighted by Crippen LogP contribution is -2.32. The molecule has 2 aliphatic carbocycles. The van der Waals surface area contributed by atoms with E-state index in [2.05, 4.69) is 13.2 Å². The second-order valence-corrected chi connectivity index (χ2v) is 5.97. The summed E-state index contributed by atoms with van der Waals surface area (Å²) in [5, 5.41) is 10.2. The molecular weight excluding hydrogens is 244 g/mol. The summed E-state index contributed by atoms with van der Waals surface area (Å²) in [6.45, 7) is 9.62. The maximum Gasteiger partial charge on any atom is 0.334 e. The number of hydrogen-bond acceptors (Lipinski definition) is 4. The summed E-state index contributed by atoms with van der Waals surface area (Å²) in [7, 11) is 0. The van der Waals surface area contributed by atoms with Crippen molar-refractivity contribution in [3.63, 3.8) is 0 Å². The van der Waals surface area contributed by atoms with Gasteiger partial charge in [0.15, 0.2) is 0 Å². The van der Waals surface area contributed by atoms with Gasteiger partial charge in [0, 0.05) is 29.7 Å². The van der Waals surface area contributed by atoms with Crippen LogP contribution < -0.4 is 0 Å². The van der Waals surface area contributed by atoms with E-state index in [1.807, 2.05) is 6.92 Å². The van der Waals surface area contributed by atoms with E-state index in [0.717, 1.165) is 0 Å². The fourth-order valence-corrected chi connectivity index (χ4v) is 3.89. The number of ether oxygens (including phenoxy) is 1. The Morgan fingerprint density at radius 3 is 2.63 bits per heavy atom. The number of carbonyl (C=O) groups is 2. The molecule has 1 heterocycles. The Hall–Kier alpha value is -1.42. The van der Waals surface area contributed by atoms with Crippen LogP contribution in [0.4, 0.5) is 0 Å². The molecular formula is C15H18O4. The quantitative estimate of drug-likeness (QED) is 0.405. The van der Waals surface area contributed by atoms with Gasteiger partial charge in [-0.15, -0.1) is 0 Å². The highest BCUT2D eigenvalue weighted by Gasteiger charge is 2.55. The van der Waals surface area contributed by atoms with Crippen molar-refractivity contribution >= 4 is 11.8 Å². The third-order valence-electron chi connectivity index (χ3n) is 5.08. The molecule has 3 aliphatic rings. The molecule has 0 spiro atoms. The van der Waals surface area contributed by atoms with Crippen molar-refractivity contribution < 1.29 is 19.4 Å². The second-order valence-electron chi connectivity index (χ2n) is 5.97. The van der Waals surface area contributed by atoms with Crippen LogP contribution in [0.1, 0.15) is 19.8 Å². The first-order valence-electron chi connectivity index (χ1n) is 6.71. The first-order chi connectivity index (χ1) is 8.91. The Balaban J connectivity index is 2.04. The number of fused-ring (bicyclic) bond motifs is 3. The molecule has 0 unspecified atom stereocenters. The molecule has 1 aliphatic heterocycles. The van der Waals surface area contributed by atoms with Gasteiger partial charge in [-0.2, -0.15) is 0 Å². The summed E-state index contributed by atoms with van der Waals surface area (Å²) in [5.41, 5.74) is 1.13. The first kappa shape index (κ1) is 12.6. The van der Waals surface area contributed by atoms with Crippen molar-refractivity contribution in [2.45, 2.75) is 32.0 Å². The van der Waals surface area contributed by atoms with Crippen molar-refractivity contribution in [3.05, 3.63) is 24.3 Å². The lowest BCUT2D eigenvalue weighted by atomic mass is 9.79. The molecule has 0 aromatic rings. The van der Waals surface area contributed by atoms with Gasteiger partial charge in [-0.05, 0) is 17.9 Å². The minimum Gasteiger partial charge on any atom is -0.458 e. The van der Waals surface area contributed by atoms with E-state index < -0.39 is 6.10 Å². The predicted molar refractivity (Wildman–Crippen MR) is 68.0 cm³/mol. The zero-order chi connectivity index (χ0) is 13.9. The predicted octanol–water partition coefficient (Wildman–Crippen LogP) is 1.25. The van der Waals surface area contributed by atoms with Crippen LogP contribution in [-0.2, 0) is 14.3 Å². The van der Waals surface area contributed by atoms with Gasteiger partial charge in [0.05, 0.1) is 6.10 Å². The van der Waals surface area contributed by atoms with Gasteiger partial charge in [-0.25, -0.2) is 4.79 Å². The van der Waals surface area contributed by atoms with Crippen molar-refractivity contribution in [2.24, 2.45) is 23.7 Å². The van der Waals surface area contributed by atoms with E-state index in [9.17, 15) is 14.7 Å². The fourth-order valence-electron chi connectivity index (χ4n) is 3.89. The van der Waals surface area contributed by atoms with Crippen molar-refractivity contribution in [3.8, 4) is 0 Å². The molecule has 19 heavy (non-hydrogen) atoms. The van der Waals surface area contributed by atoms with Crippen molar-refractivity contribution in [1.29, 1.82) is 0 Å². The number of hydrogen-bond donors (Lipinski definition) is 1. The minimum absolute atomic E-state index is 0.0645. The normalized spacial score (nSPS) is 45.8. The molecule has 0 radical (unpaired) electrons. The van der Waals surface area contributed by atoms with E-state index in [4.69, 9.17) is 4.74 Å². The molecule has 3 rings (SSSR count). The number of ketones is 1. The van der Waals surface area contributed by atoms with Crippen molar-refractivity contribution in [1.82, 2.24) is 0 Å².